The smallest absolute Gasteiger partial charge is 0.326 e. The molecule has 5 nitrogen and oxygen atoms in total. The lowest BCUT2D eigenvalue weighted by atomic mass is 10.1. The second-order valence-corrected chi connectivity index (χ2v) is 4.85. The van der Waals surface area contributed by atoms with Crippen molar-refractivity contribution in [2.75, 3.05) is 13.1 Å². The number of hydrogen-bond donors (Lipinski definition) is 2. The van der Waals surface area contributed by atoms with E-state index in [1.807, 2.05) is 13.0 Å². The van der Waals surface area contributed by atoms with Gasteiger partial charge in [0, 0.05) is 13.1 Å². The highest BCUT2D eigenvalue weighted by Gasteiger charge is 2.38. The average molecular weight is 238 g/mol. The van der Waals surface area contributed by atoms with Crippen molar-refractivity contribution in [1.82, 2.24) is 10.2 Å². The third-order valence-corrected chi connectivity index (χ3v) is 3.36. The summed E-state index contributed by atoms with van der Waals surface area (Å²) >= 11 is 0. The molecule has 2 aliphatic rings. The molecule has 2 amide bonds. The Labute approximate surface area is 100 Å². The number of carboxylic acids is 1. The van der Waals surface area contributed by atoms with Crippen LogP contribution in [0.2, 0.25) is 0 Å². The minimum absolute atomic E-state index is 0.124. The highest BCUT2D eigenvalue weighted by molar-refractivity contribution is 5.83. The van der Waals surface area contributed by atoms with E-state index in [2.05, 4.69) is 5.32 Å². The van der Waals surface area contributed by atoms with E-state index < -0.39 is 12.0 Å². The number of nitrogens with one attached hydrogen (secondary N) is 1. The average Bonchev–Trinajstić information content (AvgIpc) is 3.10. The first-order valence-corrected chi connectivity index (χ1v) is 6.02. The van der Waals surface area contributed by atoms with Gasteiger partial charge in [-0.15, -0.1) is 0 Å². The molecule has 2 rings (SSSR count). The monoisotopic (exact) mass is 238 g/mol. The topological polar surface area (TPSA) is 69.6 Å². The molecule has 0 aromatic carbocycles. The van der Waals surface area contributed by atoms with Crippen LogP contribution < -0.4 is 5.32 Å². The Morgan fingerprint density at radius 1 is 1.53 bits per heavy atom. The molecule has 1 unspecified atom stereocenters. The summed E-state index contributed by atoms with van der Waals surface area (Å²) in [7, 11) is 0. The van der Waals surface area contributed by atoms with Gasteiger partial charge in [0.25, 0.3) is 0 Å². The maximum absolute atomic E-state index is 11.9. The van der Waals surface area contributed by atoms with Crippen molar-refractivity contribution in [3.05, 3.63) is 11.6 Å². The molecule has 2 N–H and O–H groups in total. The van der Waals surface area contributed by atoms with Gasteiger partial charge in [-0.1, -0.05) is 11.6 Å². The molecule has 1 aliphatic carbocycles. The van der Waals surface area contributed by atoms with Gasteiger partial charge in [0.15, 0.2) is 0 Å². The van der Waals surface area contributed by atoms with Crippen molar-refractivity contribution in [2.24, 2.45) is 5.92 Å². The van der Waals surface area contributed by atoms with Crippen LogP contribution in [-0.2, 0) is 4.79 Å². The Morgan fingerprint density at radius 2 is 2.24 bits per heavy atom. The minimum Gasteiger partial charge on any atom is -0.480 e. The van der Waals surface area contributed by atoms with Crippen molar-refractivity contribution in [1.29, 1.82) is 0 Å². The first-order valence-electron chi connectivity index (χ1n) is 6.02. The second kappa shape index (κ2) is 4.77. The normalized spacial score (nSPS) is 21.7. The summed E-state index contributed by atoms with van der Waals surface area (Å²) in [4.78, 5) is 24.5. The fourth-order valence-corrected chi connectivity index (χ4v) is 1.99. The van der Waals surface area contributed by atoms with Crippen LogP contribution >= 0.6 is 0 Å². The quantitative estimate of drug-likeness (QED) is 0.726. The van der Waals surface area contributed by atoms with Gasteiger partial charge in [-0.3, -0.25) is 0 Å². The molecule has 17 heavy (non-hydrogen) atoms. The van der Waals surface area contributed by atoms with Crippen LogP contribution in [0.25, 0.3) is 0 Å². The highest BCUT2D eigenvalue weighted by Crippen LogP contribution is 2.32. The summed E-state index contributed by atoms with van der Waals surface area (Å²) in [6.07, 6.45) is 4.68. The molecular weight excluding hydrogens is 220 g/mol. The molecule has 5 heteroatoms. The number of aliphatic carboxylic acids is 1. The molecule has 1 aliphatic heterocycles. The summed E-state index contributed by atoms with van der Waals surface area (Å²) < 4.78 is 0. The van der Waals surface area contributed by atoms with Crippen LogP contribution in [0, 0.1) is 5.92 Å². The number of nitrogens with zero attached hydrogens (tertiary/aromatic N) is 1. The zero-order chi connectivity index (χ0) is 12.4. The Hall–Kier alpha value is -1.52. The Kier molecular flexibility index (Phi) is 3.36. The molecule has 0 aromatic rings. The molecular formula is C12H18N2O3. The number of rotatable bonds is 3. The molecule has 1 saturated carbocycles. The van der Waals surface area contributed by atoms with Gasteiger partial charge >= 0.3 is 12.0 Å². The number of carbonyl (C=O) groups is 2. The van der Waals surface area contributed by atoms with E-state index in [9.17, 15) is 9.59 Å². The molecule has 0 saturated heterocycles. The zero-order valence-corrected chi connectivity index (χ0v) is 9.98. The maximum atomic E-state index is 11.9. The highest BCUT2D eigenvalue weighted by atomic mass is 16.4. The van der Waals surface area contributed by atoms with Crippen LogP contribution in [0.15, 0.2) is 11.6 Å². The number of urea groups is 1. The summed E-state index contributed by atoms with van der Waals surface area (Å²) in [5, 5.41) is 11.6. The lowest BCUT2D eigenvalue weighted by Gasteiger charge is -2.27. The number of carbonyl (C=O) groups excluding carboxylic acids is 1. The van der Waals surface area contributed by atoms with Gasteiger partial charge < -0.3 is 15.3 Å². The van der Waals surface area contributed by atoms with Gasteiger partial charge in [-0.25, -0.2) is 9.59 Å². The fourth-order valence-electron chi connectivity index (χ4n) is 1.99. The maximum Gasteiger partial charge on any atom is 0.326 e. The Bertz CT molecular complexity index is 361. The fraction of sp³-hybridized carbons (Fsp3) is 0.667. The third-order valence-electron chi connectivity index (χ3n) is 3.36. The van der Waals surface area contributed by atoms with Crippen molar-refractivity contribution >= 4 is 12.0 Å². The minimum atomic E-state index is -0.926. The molecule has 0 bridgehead atoms. The first-order chi connectivity index (χ1) is 8.08. The van der Waals surface area contributed by atoms with Gasteiger partial charge in [0.1, 0.15) is 6.04 Å². The summed E-state index contributed by atoms with van der Waals surface area (Å²) in [5.41, 5.74) is 1.28. The van der Waals surface area contributed by atoms with E-state index >= 15 is 0 Å². The van der Waals surface area contributed by atoms with Crippen LogP contribution in [0.4, 0.5) is 4.79 Å². The van der Waals surface area contributed by atoms with E-state index in [0.29, 0.717) is 13.1 Å². The molecule has 1 fully saturated rings. The lowest BCUT2D eigenvalue weighted by molar-refractivity contribution is -0.139. The number of carboxylic acid groups (broad SMARTS) is 1. The summed E-state index contributed by atoms with van der Waals surface area (Å²) in [6, 6.07) is -0.970. The van der Waals surface area contributed by atoms with Crippen LogP contribution in [0.5, 0.6) is 0 Å². The van der Waals surface area contributed by atoms with Crippen LogP contribution in [0.3, 0.4) is 0 Å². The first kappa shape index (κ1) is 12.0. The molecule has 1 atom stereocenters. The molecule has 1 heterocycles. The van der Waals surface area contributed by atoms with Gasteiger partial charge in [0.2, 0.25) is 0 Å². The lowest BCUT2D eigenvalue weighted by Crippen LogP contribution is -2.49. The predicted octanol–water partition coefficient (Wildman–Crippen LogP) is 1.21. The molecule has 94 valence electrons. The second-order valence-electron chi connectivity index (χ2n) is 4.85. The van der Waals surface area contributed by atoms with E-state index in [1.54, 1.807) is 4.90 Å². The molecule has 0 aromatic heterocycles. The van der Waals surface area contributed by atoms with Gasteiger partial charge in [-0.05, 0) is 32.1 Å². The Balaban J connectivity index is 1.89. The Morgan fingerprint density at radius 3 is 2.71 bits per heavy atom. The van der Waals surface area contributed by atoms with Gasteiger partial charge in [0.05, 0.1) is 0 Å². The molecule has 0 radical (unpaired) electrons. The molecule has 0 spiro atoms. The van der Waals surface area contributed by atoms with E-state index in [1.165, 1.54) is 5.57 Å². The number of amides is 2. The van der Waals surface area contributed by atoms with Crippen molar-refractivity contribution in [3.63, 3.8) is 0 Å². The van der Waals surface area contributed by atoms with Crippen molar-refractivity contribution in [2.45, 2.75) is 32.2 Å². The standard InChI is InChI=1S/C12H18N2O3/c1-8-4-6-14(7-5-8)12(17)13-10(11(15)16)9-2-3-9/h4,9-10H,2-3,5-7H2,1H3,(H,13,17)(H,15,16). The van der Waals surface area contributed by atoms with E-state index in [-0.39, 0.29) is 11.9 Å². The summed E-state index contributed by atoms with van der Waals surface area (Å²) in [6.45, 7) is 3.29. The van der Waals surface area contributed by atoms with E-state index in [0.717, 1.165) is 19.3 Å². The van der Waals surface area contributed by atoms with Crippen molar-refractivity contribution in [3.8, 4) is 0 Å². The number of hydrogen-bond acceptors (Lipinski definition) is 2. The SMILES string of the molecule is CC1=CCN(C(=O)NC(C(=O)O)C2CC2)CC1. The van der Waals surface area contributed by atoms with Crippen LogP contribution in [0.1, 0.15) is 26.2 Å². The van der Waals surface area contributed by atoms with Crippen molar-refractivity contribution < 1.29 is 14.7 Å². The van der Waals surface area contributed by atoms with Gasteiger partial charge in [-0.2, -0.15) is 0 Å². The zero-order valence-electron chi connectivity index (χ0n) is 9.98. The largest absolute Gasteiger partial charge is 0.480 e. The predicted molar refractivity (Wildman–Crippen MR) is 62.6 cm³/mol. The summed E-state index contributed by atoms with van der Waals surface area (Å²) in [5.74, 6) is -0.803. The van der Waals surface area contributed by atoms with E-state index in [4.69, 9.17) is 5.11 Å². The third kappa shape index (κ3) is 2.99. The van der Waals surface area contributed by atoms with Crippen LogP contribution in [-0.4, -0.2) is 41.1 Å².